The highest BCUT2D eigenvalue weighted by atomic mass is 35.5. The lowest BCUT2D eigenvalue weighted by molar-refractivity contribution is 0.317. The van der Waals surface area contributed by atoms with Gasteiger partial charge in [0.1, 0.15) is 0 Å². The minimum absolute atomic E-state index is 0.123. The highest BCUT2D eigenvalue weighted by molar-refractivity contribution is 6.36. The van der Waals surface area contributed by atoms with E-state index >= 15 is 0 Å². The molecule has 1 aromatic rings. The predicted octanol–water partition coefficient (Wildman–Crippen LogP) is 4.80. The average molecular weight is 298 g/mol. The molecule has 0 bridgehead atoms. The molecule has 1 aromatic carbocycles. The second-order valence-corrected chi connectivity index (χ2v) is 7.02. The van der Waals surface area contributed by atoms with Gasteiger partial charge < -0.3 is 5.32 Å². The van der Waals surface area contributed by atoms with Crippen molar-refractivity contribution in [3.63, 3.8) is 0 Å². The molecule has 2 fully saturated rings. The van der Waals surface area contributed by atoms with E-state index in [0.717, 1.165) is 22.6 Å². The van der Waals surface area contributed by atoms with Crippen LogP contribution in [0.3, 0.4) is 0 Å². The summed E-state index contributed by atoms with van der Waals surface area (Å²) in [5.41, 5.74) is 1.30. The summed E-state index contributed by atoms with van der Waals surface area (Å²) < 4.78 is 0. The predicted molar refractivity (Wildman–Crippen MR) is 82.2 cm³/mol. The van der Waals surface area contributed by atoms with Crippen LogP contribution in [0.5, 0.6) is 0 Å². The van der Waals surface area contributed by atoms with Gasteiger partial charge in [0, 0.05) is 28.0 Å². The van der Waals surface area contributed by atoms with Crippen LogP contribution in [0.25, 0.3) is 0 Å². The van der Waals surface area contributed by atoms with Crippen molar-refractivity contribution in [3.8, 4) is 0 Å². The van der Waals surface area contributed by atoms with Crippen LogP contribution in [0.4, 0.5) is 0 Å². The average Bonchev–Trinajstić information content (AvgIpc) is 3.13. The van der Waals surface area contributed by atoms with Crippen molar-refractivity contribution < 1.29 is 0 Å². The first-order chi connectivity index (χ1) is 9.13. The molecule has 0 radical (unpaired) electrons. The highest BCUT2D eigenvalue weighted by Gasteiger charge is 2.44. The summed E-state index contributed by atoms with van der Waals surface area (Å²) in [5, 5.41) is 5.37. The quantitative estimate of drug-likeness (QED) is 0.841. The molecule has 0 spiro atoms. The SMILES string of the molecule is CC1CCCC1(CNC1CC1)c1c(Cl)cccc1Cl. The molecule has 2 atom stereocenters. The van der Waals surface area contributed by atoms with Crippen molar-refractivity contribution in [1.82, 2.24) is 5.32 Å². The molecule has 2 aliphatic rings. The minimum Gasteiger partial charge on any atom is -0.313 e. The van der Waals surface area contributed by atoms with Gasteiger partial charge in [0.15, 0.2) is 0 Å². The number of hydrogen-bond acceptors (Lipinski definition) is 1. The zero-order valence-electron chi connectivity index (χ0n) is 11.4. The molecule has 0 heterocycles. The lowest BCUT2D eigenvalue weighted by atomic mass is 9.72. The van der Waals surface area contributed by atoms with E-state index in [1.54, 1.807) is 0 Å². The molecule has 1 nitrogen and oxygen atoms in total. The van der Waals surface area contributed by atoms with Crippen LogP contribution >= 0.6 is 23.2 Å². The summed E-state index contributed by atoms with van der Waals surface area (Å²) in [7, 11) is 0. The minimum atomic E-state index is 0.123. The monoisotopic (exact) mass is 297 g/mol. The van der Waals surface area contributed by atoms with Crippen molar-refractivity contribution in [2.24, 2.45) is 5.92 Å². The fourth-order valence-electron chi connectivity index (χ4n) is 3.56. The Hall–Kier alpha value is -0.240. The van der Waals surface area contributed by atoms with E-state index in [1.165, 1.54) is 37.7 Å². The van der Waals surface area contributed by atoms with E-state index in [2.05, 4.69) is 12.2 Å². The number of nitrogens with one attached hydrogen (secondary N) is 1. The van der Waals surface area contributed by atoms with E-state index in [9.17, 15) is 0 Å². The molecule has 0 aromatic heterocycles. The van der Waals surface area contributed by atoms with Gasteiger partial charge in [-0.1, -0.05) is 42.6 Å². The first-order valence-electron chi connectivity index (χ1n) is 7.31. The fraction of sp³-hybridized carbons (Fsp3) is 0.625. The third-order valence-electron chi connectivity index (χ3n) is 4.95. The van der Waals surface area contributed by atoms with E-state index < -0.39 is 0 Å². The van der Waals surface area contributed by atoms with Crippen LogP contribution in [0.15, 0.2) is 18.2 Å². The Morgan fingerprint density at radius 1 is 1.21 bits per heavy atom. The molecule has 3 heteroatoms. The van der Waals surface area contributed by atoms with Gasteiger partial charge in [-0.15, -0.1) is 0 Å². The molecule has 19 heavy (non-hydrogen) atoms. The lowest BCUT2D eigenvalue weighted by Gasteiger charge is -2.36. The molecule has 0 amide bonds. The van der Waals surface area contributed by atoms with Gasteiger partial charge in [-0.25, -0.2) is 0 Å². The highest BCUT2D eigenvalue weighted by Crippen LogP contribution is 2.50. The first-order valence-corrected chi connectivity index (χ1v) is 8.07. The van der Waals surface area contributed by atoms with Gasteiger partial charge in [-0.3, -0.25) is 0 Å². The Morgan fingerprint density at radius 3 is 2.42 bits per heavy atom. The van der Waals surface area contributed by atoms with E-state index in [0.29, 0.717) is 5.92 Å². The molecule has 104 valence electrons. The normalized spacial score (nSPS) is 30.8. The summed E-state index contributed by atoms with van der Waals surface area (Å²) in [6, 6.07) is 6.63. The van der Waals surface area contributed by atoms with Crippen molar-refractivity contribution in [2.75, 3.05) is 6.54 Å². The van der Waals surface area contributed by atoms with Crippen molar-refractivity contribution in [2.45, 2.75) is 50.5 Å². The number of benzene rings is 1. The Balaban J connectivity index is 1.97. The van der Waals surface area contributed by atoms with Crippen LogP contribution in [0.2, 0.25) is 10.0 Å². The van der Waals surface area contributed by atoms with Crippen molar-refractivity contribution >= 4 is 23.2 Å². The summed E-state index contributed by atoms with van der Waals surface area (Å²) in [6.45, 7) is 3.36. The largest absolute Gasteiger partial charge is 0.313 e. The van der Waals surface area contributed by atoms with Gasteiger partial charge in [0.2, 0.25) is 0 Å². The van der Waals surface area contributed by atoms with Crippen LogP contribution in [0, 0.1) is 5.92 Å². The van der Waals surface area contributed by atoms with Gasteiger partial charge in [-0.2, -0.15) is 0 Å². The third-order valence-corrected chi connectivity index (χ3v) is 5.58. The summed E-state index contributed by atoms with van der Waals surface area (Å²) in [4.78, 5) is 0. The Morgan fingerprint density at radius 2 is 1.89 bits per heavy atom. The second-order valence-electron chi connectivity index (χ2n) is 6.20. The van der Waals surface area contributed by atoms with Crippen LogP contribution in [0.1, 0.15) is 44.6 Å². The first kappa shape index (κ1) is 13.7. The molecule has 0 saturated heterocycles. The smallest absolute Gasteiger partial charge is 0.0459 e. The topological polar surface area (TPSA) is 12.0 Å². The summed E-state index contributed by atoms with van der Waals surface area (Å²) in [6.07, 6.45) is 6.38. The van der Waals surface area contributed by atoms with Crippen LogP contribution in [-0.4, -0.2) is 12.6 Å². The molecule has 2 saturated carbocycles. The lowest BCUT2D eigenvalue weighted by Crippen LogP contribution is -2.41. The number of rotatable bonds is 4. The van der Waals surface area contributed by atoms with Crippen molar-refractivity contribution in [3.05, 3.63) is 33.8 Å². The molecule has 2 aliphatic carbocycles. The molecule has 0 aliphatic heterocycles. The molecule has 3 rings (SSSR count). The molecule has 2 unspecified atom stereocenters. The van der Waals surface area contributed by atoms with Crippen molar-refractivity contribution in [1.29, 1.82) is 0 Å². The summed E-state index contributed by atoms with van der Waals surface area (Å²) in [5.74, 6) is 0.635. The van der Waals surface area contributed by atoms with Gasteiger partial charge in [-0.05, 0) is 49.3 Å². The maximum atomic E-state index is 6.48. The Bertz CT molecular complexity index is 450. The number of hydrogen-bond donors (Lipinski definition) is 1. The van der Waals surface area contributed by atoms with E-state index in [1.807, 2.05) is 18.2 Å². The zero-order chi connectivity index (χ0) is 13.5. The zero-order valence-corrected chi connectivity index (χ0v) is 12.9. The van der Waals surface area contributed by atoms with E-state index in [4.69, 9.17) is 23.2 Å². The summed E-state index contributed by atoms with van der Waals surface area (Å²) >= 11 is 13.0. The second kappa shape index (κ2) is 5.27. The maximum absolute atomic E-state index is 6.48. The van der Waals surface area contributed by atoms with Crippen LogP contribution < -0.4 is 5.32 Å². The van der Waals surface area contributed by atoms with Gasteiger partial charge in [0.05, 0.1) is 0 Å². The van der Waals surface area contributed by atoms with Gasteiger partial charge in [0.25, 0.3) is 0 Å². The molecule has 1 N–H and O–H groups in total. The Labute approximate surface area is 125 Å². The Kier molecular flexibility index (Phi) is 3.81. The fourth-order valence-corrected chi connectivity index (χ4v) is 4.33. The number of halogens is 2. The molecular formula is C16H21Cl2N. The standard InChI is InChI=1S/C16H21Cl2N/c1-11-4-3-9-16(11,10-19-12-7-8-12)15-13(17)5-2-6-14(15)18/h2,5-6,11-12,19H,3-4,7-10H2,1H3. The maximum Gasteiger partial charge on any atom is 0.0459 e. The van der Waals surface area contributed by atoms with E-state index in [-0.39, 0.29) is 5.41 Å². The molecular weight excluding hydrogens is 277 g/mol. The third kappa shape index (κ3) is 2.53. The van der Waals surface area contributed by atoms with Crippen LogP contribution in [-0.2, 0) is 5.41 Å². The van der Waals surface area contributed by atoms with Gasteiger partial charge >= 0.3 is 0 Å².